The highest BCUT2D eigenvalue weighted by molar-refractivity contribution is 6.17. The van der Waals surface area contributed by atoms with E-state index >= 15 is 0 Å². The van der Waals surface area contributed by atoms with Crippen LogP contribution in [0.3, 0.4) is 0 Å². The second kappa shape index (κ2) is 6.44. The van der Waals surface area contributed by atoms with Gasteiger partial charge in [0.15, 0.2) is 0 Å². The van der Waals surface area contributed by atoms with Crippen molar-refractivity contribution in [3.8, 4) is 0 Å². The Balaban J connectivity index is 2.07. The molecule has 0 radical (unpaired) electrons. The Morgan fingerprint density at radius 1 is 1.05 bits per heavy atom. The lowest BCUT2D eigenvalue weighted by Gasteiger charge is -2.12. The third-order valence-corrected chi connectivity index (χ3v) is 3.32. The molecule has 0 aliphatic rings. The Morgan fingerprint density at radius 3 is 2.15 bits per heavy atom. The van der Waals surface area contributed by atoms with Gasteiger partial charge in [-0.05, 0) is 42.0 Å². The summed E-state index contributed by atoms with van der Waals surface area (Å²) in [5, 5.41) is 2.86. The van der Waals surface area contributed by atoms with Crippen molar-refractivity contribution in [2.24, 2.45) is 0 Å². The molecule has 0 aromatic heterocycles. The number of hydrogen-bond acceptors (Lipinski definition) is 2. The molecule has 104 valence electrons. The first-order valence-electron chi connectivity index (χ1n) is 6.34. The number of nitrogens with zero attached hydrogens (tertiary/aromatic N) is 1. The topological polar surface area (TPSA) is 32.3 Å². The standard InChI is InChI=1S/C16H17ClN2O/c1-19(2)15-9-5-13(6-10-15)16(20)18-14-7-3-12(11-17)4-8-14/h3-10H,11H2,1-2H3,(H,18,20). The minimum atomic E-state index is -0.117. The van der Waals surface area contributed by atoms with Gasteiger partial charge in [-0.2, -0.15) is 0 Å². The first-order valence-corrected chi connectivity index (χ1v) is 6.87. The summed E-state index contributed by atoms with van der Waals surface area (Å²) in [6.07, 6.45) is 0. The minimum Gasteiger partial charge on any atom is -0.378 e. The number of anilines is 2. The zero-order valence-corrected chi connectivity index (χ0v) is 12.3. The van der Waals surface area contributed by atoms with E-state index in [1.54, 1.807) is 0 Å². The molecule has 2 aromatic rings. The Morgan fingerprint density at radius 2 is 1.65 bits per heavy atom. The molecule has 4 heteroatoms. The van der Waals surface area contributed by atoms with E-state index in [0.29, 0.717) is 11.4 Å². The maximum Gasteiger partial charge on any atom is 0.255 e. The van der Waals surface area contributed by atoms with Crippen LogP contribution in [-0.4, -0.2) is 20.0 Å². The number of halogens is 1. The normalized spacial score (nSPS) is 10.2. The van der Waals surface area contributed by atoms with E-state index < -0.39 is 0 Å². The fourth-order valence-electron chi connectivity index (χ4n) is 1.79. The average molecular weight is 289 g/mol. The van der Waals surface area contributed by atoms with Crippen LogP contribution in [0.15, 0.2) is 48.5 Å². The van der Waals surface area contributed by atoms with Gasteiger partial charge in [-0.15, -0.1) is 11.6 Å². The number of carbonyl (C=O) groups is 1. The summed E-state index contributed by atoms with van der Waals surface area (Å²) in [6, 6.07) is 15.0. The van der Waals surface area contributed by atoms with Gasteiger partial charge in [0.1, 0.15) is 0 Å². The van der Waals surface area contributed by atoms with Crippen molar-refractivity contribution in [1.82, 2.24) is 0 Å². The zero-order chi connectivity index (χ0) is 14.5. The number of nitrogens with one attached hydrogen (secondary N) is 1. The van der Waals surface area contributed by atoms with Crippen molar-refractivity contribution in [3.63, 3.8) is 0 Å². The molecule has 0 saturated heterocycles. The van der Waals surface area contributed by atoms with Gasteiger partial charge in [-0.1, -0.05) is 12.1 Å². The number of alkyl halides is 1. The SMILES string of the molecule is CN(C)c1ccc(C(=O)Nc2ccc(CCl)cc2)cc1. The molecule has 0 spiro atoms. The number of carbonyl (C=O) groups excluding carboxylic acids is 1. The summed E-state index contributed by atoms with van der Waals surface area (Å²) in [6.45, 7) is 0. The lowest BCUT2D eigenvalue weighted by molar-refractivity contribution is 0.102. The highest BCUT2D eigenvalue weighted by Crippen LogP contribution is 2.15. The second-order valence-electron chi connectivity index (χ2n) is 4.73. The summed E-state index contributed by atoms with van der Waals surface area (Å²) in [5.41, 5.74) is 3.49. The molecule has 0 saturated carbocycles. The molecule has 0 aliphatic carbocycles. The van der Waals surface area contributed by atoms with Crippen LogP contribution < -0.4 is 10.2 Å². The molecule has 1 amide bonds. The van der Waals surface area contributed by atoms with E-state index in [0.717, 1.165) is 16.9 Å². The minimum absolute atomic E-state index is 0.117. The Bertz CT molecular complexity index is 576. The van der Waals surface area contributed by atoms with Gasteiger partial charge in [0, 0.05) is 36.9 Å². The summed E-state index contributed by atoms with van der Waals surface area (Å²) in [7, 11) is 3.93. The van der Waals surface area contributed by atoms with Crippen LogP contribution in [0.25, 0.3) is 0 Å². The van der Waals surface area contributed by atoms with E-state index in [9.17, 15) is 4.79 Å². The predicted octanol–water partition coefficient (Wildman–Crippen LogP) is 3.74. The van der Waals surface area contributed by atoms with Crippen molar-refractivity contribution in [3.05, 3.63) is 59.7 Å². The van der Waals surface area contributed by atoms with E-state index in [1.807, 2.05) is 67.5 Å². The molecule has 0 atom stereocenters. The van der Waals surface area contributed by atoms with Gasteiger partial charge in [0.2, 0.25) is 0 Å². The van der Waals surface area contributed by atoms with E-state index in [-0.39, 0.29) is 5.91 Å². The molecule has 2 rings (SSSR count). The fourth-order valence-corrected chi connectivity index (χ4v) is 1.97. The molecule has 0 heterocycles. The molecule has 0 unspecified atom stereocenters. The van der Waals surface area contributed by atoms with Crippen molar-refractivity contribution in [2.75, 3.05) is 24.3 Å². The highest BCUT2D eigenvalue weighted by atomic mass is 35.5. The number of hydrogen-bond donors (Lipinski definition) is 1. The van der Waals surface area contributed by atoms with Crippen LogP contribution in [0.5, 0.6) is 0 Å². The monoisotopic (exact) mass is 288 g/mol. The van der Waals surface area contributed by atoms with Gasteiger partial charge in [0.05, 0.1) is 0 Å². The van der Waals surface area contributed by atoms with Crippen molar-refractivity contribution >= 4 is 28.9 Å². The van der Waals surface area contributed by atoms with Crippen LogP contribution in [-0.2, 0) is 5.88 Å². The summed E-state index contributed by atoms with van der Waals surface area (Å²) < 4.78 is 0. The second-order valence-corrected chi connectivity index (χ2v) is 4.99. The van der Waals surface area contributed by atoms with Crippen molar-refractivity contribution in [1.29, 1.82) is 0 Å². The summed E-state index contributed by atoms with van der Waals surface area (Å²) >= 11 is 5.73. The predicted molar refractivity (Wildman–Crippen MR) is 84.7 cm³/mol. The van der Waals surface area contributed by atoms with E-state index in [1.165, 1.54) is 0 Å². The van der Waals surface area contributed by atoms with E-state index in [2.05, 4.69) is 5.32 Å². The lowest BCUT2D eigenvalue weighted by atomic mass is 10.1. The van der Waals surface area contributed by atoms with Crippen LogP contribution in [0, 0.1) is 0 Å². The van der Waals surface area contributed by atoms with Crippen LogP contribution in [0.4, 0.5) is 11.4 Å². The molecule has 20 heavy (non-hydrogen) atoms. The van der Waals surface area contributed by atoms with Crippen LogP contribution in [0.1, 0.15) is 15.9 Å². The molecule has 3 nitrogen and oxygen atoms in total. The smallest absolute Gasteiger partial charge is 0.255 e. The van der Waals surface area contributed by atoms with Gasteiger partial charge in [-0.3, -0.25) is 4.79 Å². The Labute approximate surface area is 124 Å². The largest absolute Gasteiger partial charge is 0.378 e. The van der Waals surface area contributed by atoms with Crippen LogP contribution in [0.2, 0.25) is 0 Å². The van der Waals surface area contributed by atoms with Gasteiger partial charge in [-0.25, -0.2) is 0 Å². The van der Waals surface area contributed by atoms with Gasteiger partial charge < -0.3 is 10.2 Å². The molecule has 0 bridgehead atoms. The summed E-state index contributed by atoms with van der Waals surface area (Å²) in [5.74, 6) is 0.356. The average Bonchev–Trinajstić information content (AvgIpc) is 2.48. The molecule has 2 aromatic carbocycles. The maximum absolute atomic E-state index is 12.1. The van der Waals surface area contributed by atoms with Crippen molar-refractivity contribution in [2.45, 2.75) is 5.88 Å². The molecule has 1 N–H and O–H groups in total. The zero-order valence-electron chi connectivity index (χ0n) is 11.6. The highest BCUT2D eigenvalue weighted by Gasteiger charge is 2.06. The first-order chi connectivity index (χ1) is 9.60. The summed E-state index contributed by atoms with van der Waals surface area (Å²) in [4.78, 5) is 14.1. The van der Waals surface area contributed by atoms with Gasteiger partial charge >= 0.3 is 0 Å². The number of rotatable bonds is 4. The maximum atomic E-state index is 12.1. The Hall–Kier alpha value is -2.00. The fraction of sp³-hybridized carbons (Fsp3) is 0.188. The van der Waals surface area contributed by atoms with E-state index in [4.69, 9.17) is 11.6 Å². The third kappa shape index (κ3) is 3.52. The Kier molecular flexibility index (Phi) is 4.64. The molecule has 0 aliphatic heterocycles. The lowest BCUT2D eigenvalue weighted by Crippen LogP contribution is -2.13. The van der Waals surface area contributed by atoms with Crippen LogP contribution >= 0.6 is 11.6 Å². The number of benzene rings is 2. The molecular formula is C16H17ClN2O. The third-order valence-electron chi connectivity index (χ3n) is 3.01. The molecular weight excluding hydrogens is 272 g/mol. The van der Waals surface area contributed by atoms with Gasteiger partial charge in [0.25, 0.3) is 5.91 Å². The quantitative estimate of drug-likeness (QED) is 0.869. The van der Waals surface area contributed by atoms with Crippen molar-refractivity contribution < 1.29 is 4.79 Å². The number of amides is 1. The first kappa shape index (κ1) is 14.4. The molecule has 0 fully saturated rings.